The molecule has 1 aliphatic rings. The lowest BCUT2D eigenvalue weighted by atomic mass is 10.3. The zero-order chi connectivity index (χ0) is 23.6. The third kappa shape index (κ3) is 4.55. The summed E-state index contributed by atoms with van der Waals surface area (Å²) in [5, 5.41) is 4.39. The number of benzene rings is 2. The summed E-state index contributed by atoms with van der Waals surface area (Å²) >= 11 is 0. The molecule has 0 atom stereocenters. The molecule has 174 valence electrons. The SMILES string of the molecule is COc1ccc(S(=O)(=O)N2CCN(c3ccc(=O)n(-c4ccc(F)cc4)n3)CC2)cc1OC. The van der Waals surface area contributed by atoms with Crippen molar-refractivity contribution >= 4 is 15.8 Å². The Morgan fingerprint density at radius 3 is 2.18 bits per heavy atom. The highest BCUT2D eigenvalue weighted by molar-refractivity contribution is 7.89. The molecule has 0 radical (unpaired) electrons. The molecule has 0 N–H and O–H groups in total. The third-order valence-electron chi connectivity index (χ3n) is 5.41. The van der Waals surface area contributed by atoms with Gasteiger partial charge in [-0.15, -0.1) is 5.10 Å². The van der Waals surface area contributed by atoms with Crippen LogP contribution in [0.1, 0.15) is 0 Å². The maximum atomic E-state index is 13.2. The number of rotatable bonds is 6. The van der Waals surface area contributed by atoms with Crippen molar-refractivity contribution in [3.8, 4) is 17.2 Å². The maximum Gasteiger partial charge on any atom is 0.271 e. The average Bonchev–Trinajstić information content (AvgIpc) is 2.84. The number of ether oxygens (including phenoxy) is 2. The third-order valence-corrected chi connectivity index (χ3v) is 7.31. The van der Waals surface area contributed by atoms with Gasteiger partial charge in [-0.25, -0.2) is 12.8 Å². The van der Waals surface area contributed by atoms with Crippen molar-refractivity contribution in [1.29, 1.82) is 0 Å². The van der Waals surface area contributed by atoms with Crippen LogP contribution in [0.3, 0.4) is 0 Å². The number of aromatic nitrogens is 2. The first-order valence-corrected chi connectivity index (χ1v) is 11.6. The summed E-state index contributed by atoms with van der Waals surface area (Å²) < 4.78 is 52.5. The highest BCUT2D eigenvalue weighted by Gasteiger charge is 2.30. The molecule has 9 nitrogen and oxygen atoms in total. The molecular formula is C22H23FN4O5S. The van der Waals surface area contributed by atoms with Gasteiger partial charge < -0.3 is 14.4 Å². The molecule has 1 saturated heterocycles. The summed E-state index contributed by atoms with van der Waals surface area (Å²) in [7, 11) is -0.793. The van der Waals surface area contributed by atoms with Gasteiger partial charge in [0.05, 0.1) is 24.8 Å². The summed E-state index contributed by atoms with van der Waals surface area (Å²) in [5.41, 5.74) is 0.0953. The predicted octanol–water partition coefficient (Wildman–Crippen LogP) is 1.90. The molecule has 0 spiro atoms. The van der Waals surface area contributed by atoms with Crippen LogP contribution in [-0.4, -0.2) is 62.9 Å². The molecule has 33 heavy (non-hydrogen) atoms. The van der Waals surface area contributed by atoms with Crippen molar-refractivity contribution in [2.45, 2.75) is 4.90 Å². The molecule has 1 aromatic heterocycles. The number of nitrogens with zero attached hydrogens (tertiary/aromatic N) is 4. The van der Waals surface area contributed by atoms with Gasteiger partial charge in [0, 0.05) is 38.3 Å². The molecular weight excluding hydrogens is 451 g/mol. The van der Waals surface area contributed by atoms with Gasteiger partial charge in [-0.05, 0) is 42.5 Å². The van der Waals surface area contributed by atoms with Gasteiger partial charge >= 0.3 is 0 Å². The van der Waals surface area contributed by atoms with E-state index in [0.717, 1.165) is 0 Å². The van der Waals surface area contributed by atoms with E-state index in [0.29, 0.717) is 36.1 Å². The van der Waals surface area contributed by atoms with E-state index in [2.05, 4.69) is 5.10 Å². The number of piperazine rings is 1. The van der Waals surface area contributed by atoms with Crippen LogP contribution in [-0.2, 0) is 10.0 Å². The molecule has 4 rings (SSSR count). The molecule has 0 unspecified atom stereocenters. The van der Waals surface area contributed by atoms with Crippen LogP contribution in [0.2, 0.25) is 0 Å². The second kappa shape index (κ2) is 9.20. The Kier molecular flexibility index (Phi) is 6.34. The second-order valence-corrected chi connectivity index (χ2v) is 9.26. The van der Waals surface area contributed by atoms with E-state index in [-0.39, 0.29) is 23.5 Å². The molecule has 1 fully saturated rings. The number of sulfonamides is 1. The highest BCUT2D eigenvalue weighted by Crippen LogP contribution is 2.31. The summed E-state index contributed by atoms with van der Waals surface area (Å²) in [6, 6.07) is 12.9. The van der Waals surface area contributed by atoms with Gasteiger partial charge in [-0.1, -0.05) is 0 Å². The molecule has 0 bridgehead atoms. The summed E-state index contributed by atoms with van der Waals surface area (Å²) in [6.45, 7) is 1.27. The number of anilines is 1. The molecule has 3 aromatic rings. The Morgan fingerprint density at radius 2 is 1.55 bits per heavy atom. The number of hydrogen-bond donors (Lipinski definition) is 0. The Bertz CT molecular complexity index is 1300. The van der Waals surface area contributed by atoms with E-state index in [1.54, 1.807) is 12.1 Å². The Balaban J connectivity index is 1.52. The van der Waals surface area contributed by atoms with Gasteiger partial charge in [-0.3, -0.25) is 4.79 Å². The molecule has 2 aromatic carbocycles. The van der Waals surface area contributed by atoms with Crippen LogP contribution in [0.15, 0.2) is 64.3 Å². The van der Waals surface area contributed by atoms with Crippen LogP contribution in [0, 0.1) is 5.82 Å². The van der Waals surface area contributed by atoms with Crippen LogP contribution in [0.4, 0.5) is 10.2 Å². The largest absolute Gasteiger partial charge is 0.493 e. The molecule has 0 saturated carbocycles. The maximum absolute atomic E-state index is 13.2. The zero-order valence-corrected chi connectivity index (χ0v) is 19.0. The van der Waals surface area contributed by atoms with Crippen LogP contribution < -0.4 is 19.9 Å². The standard InChI is InChI=1S/C22H23FN4O5S/c1-31-19-8-7-18(15-20(19)32-2)33(29,30)26-13-11-25(12-14-26)21-9-10-22(28)27(24-21)17-5-3-16(23)4-6-17/h3-10,15H,11-14H2,1-2H3. The minimum Gasteiger partial charge on any atom is -0.493 e. The fraction of sp³-hybridized carbons (Fsp3) is 0.273. The van der Waals surface area contributed by atoms with Gasteiger partial charge in [0.15, 0.2) is 11.5 Å². The molecule has 11 heteroatoms. The normalized spacial score (nSPS) is 14.8. The summed E-state index contributed by atoms with van der Waals surface area (Å²) in [5.74, 6) is 0.907. The van der Waals surface area contributed by atoms with Crippen LogP contribution >= 0.6 is 0 Å². The quantitative estimate of drug-likeness (QED) is 0.539. The van der Waals surface area contributed by atoms with E-state index in [9.17, 15) is 17.6 Å². The van der Waals surface area contributed by atoms with Crippen molar-refractivity contribution < 1.29 is 22.3 Å². The minimum atomic E-state index is -3.73. The Labute approximate surface area is 190 Å². The predicted molar refractivity (Wildman–Crippen MR) is 120 cm³/mol. The van der Waals surface area contributed by atoms with Crippen molar-refractivity contribution in [3.05, 3.63) is 70.8 Å². The minimum absolute atomic E-state index is 0.122. The average molecular weight is 475 g/mol. The molecule has 0 aliphatic carbocycles. The van der Waals surface area contributed by atoms with E-state index >= 15 is 0 Å². The van der Waals surface area contributed by atoms with E-state index < -0.39 is 15.8 Å². The summed E-state index contributed by atoms with van der Waals surface area (Å²) in [4.78, 5) is 14.3. The smallest absolute Gasteiger partial charge is 0.271 e. The van der Waals surface area contributed by atoms with Crippen molar-refractivity contribution in [2.24, 2.45) is 0 Å². The van der Waals surface area contributed by atoms with Crippen LogP contribution in [0.25, 0.3) is 5.69 Å². The zero-order valence-electron chi connectivity index (χ0n) is 18.1. The number of methoxy groups -OCH3 is 2. The lowest BCUT2D eigenvalue weighted by Crippen LogP contribution is -2.49. The van der Waals surface area contributed by atoms with Crippen molar-refractivity contribution in [2.75, 3.05) is 45.3 Å². The fourth-order valence-corrected chi connectivity index (χ4v) is 5.06. The first-order chi connectivity index (χ1) is 15.8. The van der Waals surface area contributed by atoms with Gasteiger partial charge in [0.2, 0.25) is 10.0 Å². The fourth-order valence-electron chi connectivity index (χ4n) is 3.62. The van der Waals surface area contributed by atoms with Crippen LogP contribution in [0.5, 0.6) is 11.5 Å². The van der Waals surface area contributed by atoms with Gasteiger partial charge in [0.1, 0.15) is 11.6 Å². The van der Waals surface area contributed by atoms with Gasteiger partial charge in [-0.2, -0.15) is 8.99 Å². The van der Waals surface area contributed by atoms with Crippen molar-refractivity contribution in [1.82, 2.24) is 14.1 Å². The summed E-state index contributed by atoms with van der Waals surface area (Å²) in [6.07, 6.45) is 0. The second-order valence-electron chi connectivity index (χ2n) is 7.33. The molecule has 2 heterocycles. The Hall–Kier alpha value is -3.44. The van der Waals surface area contributed by atoms with E-state index in [1.165, 1.54) is 65.7 Å². The molecule has 0 amide bonds. The van der Waals surface area contributed by atoms with Crippen molar-refractivity contribution in [3.63, 3.8) is 0 Å². The first-order valence-electron chi connectivity index (χ1n) is 10.2. The Morgan fingerprint density at radius 1 is 0.879 bits per heavy atom. The highest BCUT2D eigenvalue weighted by atomic mass is 32.2. The lowest BCUT2D eigenvalue weighted by molar-refractivity contribution is 0.353. The monoisotopic (exact) mass is 474 g/mol. The molecule has 1 aliphatic heterocycles. The van der Waals surface area contributed by atoms with E-state index in [1.807, 2.05) is 4.90 Å². The van der Waals surface area contributed by atoms with Gasteiger partial charge in [0.25, 0.3) is 5.56 Å². The topological polar surface area (TPSA) is 94.0 Å². The lowest BCUT2D eigenvalue weighted by Gasteiger charge is -2.34. The first kappa shape index (κ1) is 22.7. The number of hydrogen-bond acceptors (Lipinski definition) is 7. The van der Waals surface area contributed by atoms with E-state index in [4.69, 9.17) is 9.47 Å². The number of halogens is 1.